The fourth-order valence-corrected chi connectivity index (χ4v) is 4.80. The van der Waals surface area contributed by atoms with Gasteiger partial charge >= 0.3 is 0 Å². The van der Waals surface area contributed by atoms with Crippen molar-refractivity contribution in [2.45, 2.75) is 64.6 Å². The largest absolute Gasteiger partial charge is 0.364 e. The van der Waals surface area contributed by atoms with Gasteiger partial charge in [-0.1, -0.05) is 0 Å². The molecule has 0 spiro atoms. The van der Waals surface area contributed by atoms with Crippen molar-refractivity contribution in [2.75, 3.05) is 11.9 Å². The number of aromatic amines is 1. The molecule has 1 aliphatic heterocycles. The lowest BCUT2D eigenvalue weighted by molar-refractivity contribution is -0.0298. The van der Waals surface area contributed by atoms with Crippen LogP contribution in [-0.4, -0.2) is 31.1 Å². The van der Waals surface area contributed by atoms with E-state index in [0.29, 0.717) is 23.5 Å². The number of fused-ring (bicyclic) bond motifs is 2. The minimum atomic E-state index is -0.0884. The summed E-state index contributed by atoms with van der Waals surface area (Å²) in [6, 6.07) is 0. The summed E-state index contributed by atoms with van der Waals surface area (Å²) in [5.41, 5.74) is 5.44. The van der Waals surface area contributed by atoms with Crippen LogP contribution < -0.4 is 10.9 Å². The molecule has 2 aliphatic rings. The molecule has 0 radical (unpaired) electrons. The van der Waals surface area contributed by atoms with E-state index in [1.165, 1.54) is 11.1 Å². The molecule has 4 heterocycles. The molecule has 2 N–H and O–H groups in total. The maximum Gasteiger partial charge on any atom is 0.253 e. The SMILES string of the molecule is Cc1[nH]c(=O)c(CNc2nc(Cl)nc3c2ncn3C2CCCCO2)c2c1CCCC2. The van der Waals surface area contributed by atoms with E-state index in [1.54, 1.807) is 6.33 Å². The van der Waals surface area contributed by atoms with Crippen LogP contribution in [0.2, 0.25) is 5.28 Å². The highest BCUT2D eigenvalue weighted by atomic mass is 35.5. The number of hydrogen-bond donors (Lipinski definition) is 2. The molecule has 5 rings (SSSR count). The maximum absolute atomic E-state index is 12.7. The number of aromatic nitrogens is 5. The number of anilines is 1. The number of nitrogens with one attached hydrogen (secondary N) is 2. The number of ether oxygens (including phenoxy) is 1. The zero-order valence-electron chi connectivity index (χ0n) is 17.0. The van der Waals surface area contributed by atoms with Crippen LogP contribution in [0.25, 0.3) is 11.2 Å². The van der Waals surface area contributed by atoms with E-state index in [4.69, 9.17) is 16.3 Å². The molecule has 8 nitrogen and oxygen atoms in total. The number of H-pyrrole nitrogens is 1. The first-order valence-electron chi connectivity index (χ1n) is 10.6. The summed E-state index contributed by atoms with van der Waals surface area (Å²) in [5.74, 6) is 0.532. The zero-order valence-corrected chi connectivity index (χ0v) is 17.8. The summed E-state index contributed by atoms with van der Waals surface area (Å²) >= 11 is 6.23. The van der Waals surface area contributed by atoms with Crippen LogP contribution >= 0.6 is 11.6 Å². The van der Waals surface area contributed by atoms with Gasteiger partial charge in [0, 0.05) is 24.4 Å². The highest BCUT2D eigenvalue weighted by Gasteiger charge is 2.22. The van der Waals surface area contributed by atoms with Crippen molar-refractivity contribution >= 4 is 28.6 Å². The molecule has 0 amide bonds. The van der Waals surface area contributed by atoms with Crippen LogP contribution in [0, 0.1) is 6.92 Å². The first-order chi connectivity index (χ1) is 14.6. The monoisotopic (exact) mass is 428 g/mol. The quantitative estimate of drug-likeness (QED) is 0.615. The Hall–Kier alpha value is -2.45. The van der Waals surface area contributed by atoms with Crippen LogP contribution in [0.4, 0.5) is 5.82 Å². The smallest absolute Gasteiger partial charge is 0.253 e. The van der Waals surface area contributed by atoms with E-state index in [9.17, 15) is 4.79 Å². The molecule has 1 unspecified atom stereocenters. The van der Waals surface area contributed by atoms with Crippen molar-refractivity contribution in [3.63, 3.8) is 0 Å². The highest BCUT2D eigenvalue weighted by molar-refractivity contribution is 6.28. The molecular formula is C21H25ClN6O2. The van der Waals surface area contributed by atoms with Crippen molar-refractivity contribution in [3.05, 3.63) is 44.3 Å². The van der Waals surface area contributed by atoms with Crippen molar-refractivity contribution in [3.8, 4) is 0 Å². The van der Waals surface area contributed by atoms with E-state index < -0.39 is 0 Å². The summed E-state index contributed by atoms with van der Waals surface area (Å²) in [7, 11) is 0. The molecule has 3 aromatic rings. The summed E-state index contributed by atoms with van der Waals surface area (Å²) in [6.45, 7) is 3.08. The predicted octanol–water partition coefficient (Wildman–Crippen LogP) is 3.67. The minimum Gasteiger partial charge on any atom is -0.364 e. The Morgan fingerprint density at radius 3 is 2.87 bits per heavy atom. The number of rotatable bonds is 4. The zero-order chi connectivity index (χ0) is 20.7. The summed E-state index contributed by atoms with van der Waals surface area (Å²) in [4.78, 5) is 29.0. The third kappa shape index (κ3) is 3.48. The Morgan fingerprint density at radius 1 is 1.23 bits per heavy atom. The topological polar surface area (TPSA) is 97.7 Å². The van der Waals surface area contributed by atoms with Gasteiger partial charge in [-0.25, -0.2) is 4.98 Å². The molecule has 1 atom stereocenters. The molecular weight excluding hydrogens is 404 g/mol. The second-order valence-electron chi connectivity index (χ2n) is 8.06. The standard InChI is InChI=1S/C21H25ClN6O2/c1-12-13-6-2-3-7-14(13)15(20(29)25-12)10-23-18-17-19(27-21(22)26-18)28(11-24-17)16-8-4-5-9-30-16/h11,16H,2-10H2,1H3,(H,25,29)(H,23,26,27). The highest BCUT2D eigenvalue weighted by Crippen LogP contribution is 2.29. The molecule has 0 aromatic carbocycles. The van der Waals surface area contributed by atoms with Crippen LogP contribution in [0.5, 0.6) is 0 Å². The number of aryl methyl sites for hydroxylation is 1. The second-order valence-corrected chi connectivity index (χ2v) is 8.40. The molecule has 1 saturated heterocycles. The van der Waals surface area contributed by atoms with Gasteiger partial charge < -0.3 is 15.0 Å². The first kappa shape index (κ1) is 19.5. The Kier molecular flexibility index (Phi) is 5.20. The second kappa shape index (κ2) is 8.00. The van der Waals surface area contributed by atoms with Gasteiger partial charge in [0.05, 0.1) is 6.33 Å². The van der Waals surface area contributed by atoms with E-state index >= 15 is 0 Å². The Balaban J connectivity index is 1.48. The number of imidazole rings is 1. The Bertz CT molecular complexity index is 1150. The summed E-state index contributed by atoms with van der Waals surface area (Å²) in [6.07, 6.45) is 8.96. The van der Waals surface area contributed by atoms with Gasteiger partial charge in [-0.15, -0.1) is 0 Å². The fourth-order valence-electron chi connectivity index (χ4n) is 4.64. The first-order valence-corrected chi connectivity index (χ1v) is 11.0. The van der Waals surface area contributed by atoms with E-state index in [-0.39, 0.29) is 17.1 Å². The average molecular weight is 429 g/mol. The molecule has 0 saturated carbocycles. The van der Waals surface area contributed by atoms with Gasteiger partial charge in [0.15, 0.2) is 17.0 Å². The number of nitrogens with zero attached hydrogens (tertiary/aromatic N) is 4. The summed E-state index contributed by atoms with van der Waals surface area (Å²) < 4.78 is 7.81. The molecule has 158 valence electrons. The van der Waals surface area contributed by atoms with Crippen LogP contribution in [0.1, 0.15) is 60.7 Å². The van der Waals surface area contributed by atoms with Crippen LogP contribution in [0.3, 0.4) is 0 Å². The minimum absolute atomic E-state index is 0.0434. The number of pyridine rings is 1. The fraction of sp³-hybridized carbons (Fsp3) is 0.524. The molecule has 3 aromatic heterocycles. The van der Waals surface area contributed by atoms with E-state index in [1.807, 2.05) is 11.5 Å². The van der Waals surface area contributed by atoms with Crippen molar-refractivity contribution in [1.29, 1.82) is 0 Å². The van der Waals surface area contributed by atoms with Gasteiger partial charge in [-0.3, -0.25) is 9.36 Å². The number of halogens is 1. The normalized spacial score (nSPS) is 19.1. The summed E-state index contributed by atoms with van der Waals surface area (Å²) in [5, 5.41) is 3.44. The molecule has 1 aliphatic carbocycles. The van der Waals surface area contributed by atoms with Crippen molar-refractivity contribution in [1.82, 2.24) is 24.5 Å². The predicted molar refractivity (Wildman–Crippen MR) is 115 cm³/mol. The van der Waals surface area contributed by atoms with Gasteiger partial charge in [-0.2, -0.15) is 9.97 Å². The van der Waals surface area contributed by atoms with Crippen molar-refractivity contribution in [2.24, 2.45) is 0 Å². The van der Waals surface area contributed by atoms with Gasteiger partial charge in [0.2, 0.25) is 5.28 Å². The van der Waals surface area contributed by atoms with Crippen LogP contribution in [0.15, 0.2) is 11.1 Å². The third-order valence-corrected chi connectivity index (χ3v) is 6.32. The lowest BCUT2D eigenvalue weighted by atomic mass is 9.88. The van der Waals surface area contributed by atoms with Crippen LogP contribution in [-0.2, 0) is 24.1 Å². The molecule has 9 heteroatoms. The average Bonchev–Trinajstić information content (AvgIpc) is 3.18. The molecule has 30 heavy (non-hydrogen) atoms. The lowest BCUT2D eigenvalue weighted by Gasteiger charge is -2.23. The third-order valence-electron chi connectivity index (χ3n) is 6.15. The number of hydrogen-bond acceptors (Lipinski definition) is 6. The van der Waals surface area contributed by atoms with E-state index in [2.05, 4.69) is 25.3 Å². The van der Waals surface area contributed by atoms with E-state index in [0.717, 1.165) is 62.8 Å². The molecule has 0 bridgehead atoms. The lowest BCUT2D eigenvalue weighted by Crippen LogP contribution is -2.24. The van der Waals surface area contributed by atoms with Gasteiger partial charge in [0.25, 0.3) is 5.56 Å². The van der Waals surface area contributed by atoms with Crippen molar-refractivity contribution < 1.29 is 4.74 Å². The van der Waals surface area contributed by atoms with Gasteiger partial charge in [0.1, 0.15) is 6.23 Å². The molecule has 1 fully saturated rings. The van der Waals surface area contributed by atoms with Gasteiger partial charge in [-0.05, 0) is 74.6 Å². The maximum atomic E-state index is 12.7. The Morgan fingerprint density at radius 2 is 2.07 bits per heavy atom. The Labute approximate surface area is 179 Å².